The van der Waals surface area contributed by atoms with E-state index in [0.717, 1.165) is 37.3 Å². The Bertz CT molecular complexity index is 678. The molecule has 0 amide bonds. The topological polar surface area (TPSA) is 26.7 Å². The second-order valence-electron chi connectivity index (χ2n) is 6.63. The molecule has 1 N–H and O–H groups in total. The van der Waals surface area contributed by atoms with Crippen LogP contribution in [0, 0.1) is 11.6 Å². The van der Waals surface area contributed by atoms with Crippen molar-refractivity contribution in [3.63, 3.8) is 0 Å². The van der Waals surface area contributed by atoms with Gasteiger partial charge in [-0.2, -0.15) is 0 Å². The van der Waals surface area contributed by atoms with E-state index in [1.54, 1.807) is 12.1 Å². The van der Waals surface area contributed by atoms with E-state index in [1.165, 1.54) is 18.2 Å². The molecule has 3 rings (SSSR count). The van der Waals surface area contributed by atoms with E-state index in [9.17, 15) is 13.9 Å². The summed E-state index contributed by atoms with van der Waals surface area (Å²) in [6, 6.07) is 13.5. The minimum atomic E-state index is -0.226. The van der Waals surface area contributed by atoms with Crippen molar-refractivity contribution in [1.82, 2.24) is 9.80 Å². The van der Waals surface area contributed by atoms with Crippen LogP contribution in [0.25, 0.3) is 0 Å². The first-order valence-electron chi connectivity index (χ1n) is 8.70. The number of hydrogen-bond acceptors (Lipinski definition) is 3. The van der Waals surface area contributed by atoms with Gasteiger partial charge in [0.1, 0.15) is 11.6 Å². The molecule has 2 aromatic carbocycles. The van der Waals surface area contributed by atoms with Gasteiger partial charge in [-0.1, -0.05) is 24.3 Å². The van der Waals surface area contributed by atoms with Gasteiger partial charge in [0.2, 0.25) is 0 Å². The Kier molecular flexibility index (Phi) is 6.13. The Labute approximate surface area is 147 Å². The maximum absolute atomic E-state index is 13.4. The summed E-state index contributed by atoms with van der Waals surface area (Å²) in [4.78, 5) is 4.64. The summed E-state index contributed by atoms with van der Waals surface area (Å²) < 4.78 is 26.4. The van der Waals surface area contributed by atoms with Crippen molar-refractivity contribution in [3.05, 3.63) is 71.3 Å². The van der Waals surface area contributed by atoms with Crippen molar-refractivity contribution >= 4 is 0 Å². The van der Waals surface area contributed by atoms with E-state index in [4.69, 9.17) is 0 Å². The third-order valence-corrected chi connectivity index (χ3v) is 4.75. The third kappa shape index (κ3) is 5.08. The van der Waals surface area contributed by atoms with Crippen molar-refractivity contribution in [2.24, 2.45) is 0 Å². The lowest BCUT2D eigenvalue weighted by Crippen LogP contribution is -2.52. The van der Waals surface area contributed by atoms with Crippen molar-refractivity contribution in [2.75, 3.05) is 26.2 Å². The van der Waals surface area contributed by atoms with Gasteiger partial charge in [0.15, 0.2) is 0 Å². The summed E-state index contributed by atoms with van der Waals surface area (Å²) >= 11 is 0. The zero-order chi connectivity index (χ0) is 17.6. The van der Waals surface area contributed by atoms with Gasteiger partial charge in [-0.15, -0.1) is 0 Å². The van der Waals surface area contributed by atoms with Crippen LogP contribution in [-0.2, 0) is 13.1 Å². The first-order chi connectivity index (χ1) is 12.1. The van der Waals surface area contributed by atoms with Crippen LogP contribution in [0.2, 0.25) is 0 Å². The zero-order valence-corrected chi connectivity index (χ0v) is 14.2. The van der Waals surface area contributed by atoms with Crippen LogP contribution in [0.1, 0.15) is 17.5 Å². The fourth-order valence-corrected chi connectivity index (χ4v) is 3.45. The van der Waals surface area contributed by atoms with E-state index in [0.29, 0.717) is 13.0 Å². The molecular weight excluding hydrogens is 322 g/mol. The Balaban J connectivity index is 1.62. The predicted molar refractivity (Wildman–Crippen MR) is 94.0 cm³/mol. The second-order valence-corrected chi connectivity index (χ2v) is 6.63. The molecule has 0 aliphatic carbocycles. The average Bonchev–Trinajstić information content (AvgIpc) is 2.59. The molecule has 0 radical (unpaired) electrons. The zero-order valence-electron chi connectivity index (χ0n) is 14.2. The fourth-order valence-electron chi connectivity index (χ4n) is 3.45. The predicted octanol–water partition coefficient (Wildman–Crippen LogP) is 3.03. The molecule has 1 aliphatic heterocycles. The van der Waals surface area contributed by atoms with Crippen LogP contribution >= 0.6 is 0 Å². The molecule has 2 aromatic rings. The van der Waals surface area contributed by atoms with Crippen molar-refractivity contribution in [3.8, 4) is 0 Å². The highest BCUT2D eigenvalue weighted by Gasteiger charge is 2.26. The summed E-state index contributed by atoms with van der Waals surface area (Å²) in [5, 5.41) is 9.41. The lowest BCUT2D eigenvalue weighted by atomic mass is 10.1. The van der Waals surface area contributed by atoms with Gasteiger partial charge in [0.05, 0.1) is 0 Å². The molecule has 134 valence electrons. The third-order valence-electron chi connectivity index (χ3n) is 4.75. The van der Waals surface area contributed by atoms with Crippen molar-refractivity contribution in [1.29, 1.82) is 0 Å². The van der Waals surface area contributed by atoms with E-state index >= 15 is 0 Å². The Morgan fingerprint density at radius 1 is 0.920 bits per heavy atom. The van der Waals surface area contributed by atoms with Gasteiger partial charge in [0, 0.05) is 45.4 Å². The Hall–Kier alpha value is -1.82. The number of rotatable bonds is 6. The molecule has 0 bridgehead atoms. The molecule has 0 unspecified atom stereocenters. The highest BCUT2D eigenvalue weighted by molar-refractivity contribution is 5.17. The molecule has 1 atom stereocenters. The molecule has 1 fully saturated rings. The molecule has 1 aliphatic rings. The van der Waals surface area contributed by atoms with Crippen LogP contribution in [0.3, 0.4) is 0 Å². The highest BCUT2D eigenvalue weighted by Crippen LogP contribution is 2.19. The molecule has 3 nitrogen and oxygen atoms in total. The lowest BCUT2D eigenvalue weighted by Gasteiger charge is -2.41. The number of benzene rings is 2. The van der Waals surface area contributed by atoms with Gasteiger partial charge in [-0.3, -0.25) is 9.80 Å². The minimum Gasteiger partial charge on any atom is -0.396 e. The Morgan fingerprint density at radius 2 is 1.72 bits per heavy atom. The largest absolute Gasteiger partial charge is 0.396 e. The number of aliphatic hydroxyl groups excluding tert-OH is 1. The minimum absolute atomic E-state index is 0.137. The lowest BCUT2D eigenvalue weighted by molar-refractivity contribution is 0.0499. The Morgan fingerprint density at radius 3 is 2.44 bits per heavy atom. The van der Waals surface area contributed by atoms with Crippen LogP contribution in [-0.4, -0.2) is 47.2 Å². The monoisotopic (exact) mass is 346 g/mol. The molecule has 0 spiro atoms. The molecular formula is C20H24F2N2O. The average molecular weight is 346 g/mol. The van der Waals surface area contributed by atoms with Gasteiger partial charge in [-0.25, -0.2) is 8.78 Å². The van der Waals surface area contributed by atoms with Crippen LogP contribution < -0.4 is 0 Å². The molecule has 25 heavy (non-hydrogen) atoms. The number of halogens is 2. The van der Waals surface area contributed by atoms with Gasteiger partial charge < -0.3 is 5.11 Å². The standard InChI is InChI=1S/C20H24F2N2O/c21-18-6-4-16(5-7-18)14-24-10-9-23(15-20(24)8-11-25)13-17-2-1-3-19(22)12-17/h1-7,12,20,25H,8-11,13-15H2/t20-/m0/s1. The first kappa shape index (κ1) is 18.0. The quantitative estimate of drug-likeness (QED) is 0.871. The summed E-state index contributed by atoms with van der Waals surface area (Å²) in [5.41, 5.74) is 2.04. The summed E-state index contributed by atoms with van der Waals surface area (Å²) in [6.45, 7) is 4.19. The molecule has 1 saturated heterocycles. The van der Waals surface area contributed by atoms with Crippen LogP contribution in [0.15, 0.2) is 48.5 Å². The number of nitrogens with zero attached hydrogens (tertiary/aromatic N) is 2. The van der Waals surface area contributed by atoms with Crippen molar-refractivity contribution in [2.45, 2.75) is 25.6 Å². The van der Waals surface area contributed by atoms with E-state index in [1.807, 2.05) is 18.2 Å². The van der Waals surface area contributed by atoms with Gasteiger partial charge in [-0.05, 0) is 41.8 Å². The van der Waals surface area contributed by atoms with E-state index < -0.39 is 0 Å². The summed E-state index contributed by atoms with van der Waals surface area (Å²) in [6.07, 6.45) is 0.695. The molecule has 0 aromatic heterocycles. The maximum atomic E-state index is 13.4. The van der Waals surface area contributed by atoms with E-state index in [2.05, 4.69) is 9.80 Å². The highest BCUT2D eigenvalue weighted by atomic mass is 19.1. The van der Waals surface area contributed by atoms with Gasteiger partial charge in [0.25, 0.3) is 0 Å². The maximum Gasteiger partial charge on any atom is 0.123 e. The van der Waals surface area contributed by atoms with Crippen LogP contribution in [0.5, 0.6) is 0 Å². The smallest absolute Gasteiger partial charge is 0.123 e. The molecule has 0 saturated carbocycles. The van der Waals surface area contributed by atoms with Crippen LogP contribution in [0.4, 0.5) is 8.78 Å². The normalized spacial score (nSPS) is 19.2. The second kappa shape index (κ2) is 8.52. The molecule has 5 heteroatoms. The SMILES string of the molecule is OCC[C@H]1CN(Cc2cccc(F)c2)CCN1Cc1ccc(F)cc1. The molecule has 1 heterocycles. The summed E-state index contributed by atoms with van der Waals surface area (Å²) in [7, 11) is 0. The first-order valence-corrected chi connectivity index (χ1v) is 8.70. The number of aliphatic hydroxyl groups is 1. The van der Waals surface area contributed by atoms with E-state index in [-0.39, 0.29) is 24.3 Å². The van der Waals surface area contributed by atoms with Gasteiger partial charge >= 0.3 is 0 Å². The fraction of sp³-hybridized carbons (Fsp3) is 0.400. The van der Waals surface area contributed by atoms with Crippen molar-refractivity contribution < 1.29 is 13.9 Å². The number of hydrogen-bond donors (Lipinski definition) is 1. The number of piperazine rings is 1. The summed E-state index contributed by atoms with van der Waals surface area (Å²) in [5.74, 6) is -0.435.